The number of alkyl halides is 3. The van der Waals surface area contributed by atoms with E-state index < -0.39 is 29.5 Å². The topological polar surface area (TPSA) is 55.2 Å². The summed E-state index contributed by atoms with van der Waals surface area (Å²) in [7, 11) is 0. The molecular weight excluding hydrogens is 259 g/mol. The van der Waals surface area contributed by atoms with E-state index in [2.05, 4.69) is 5.10 Å². The van der Waals surface area contributed by atoms with E-state index in [4.69, 9.17) is 0 Å². The first-order valence-electron chi connectivity index (χ1n) is 4.76. The summed E-state index contributed by atoms with van der Waals surface area (Å²) in [6.07, 6.45) is -4.24. The molecule has 94 valence electrons. The van der Waals surface area contributed by atoms with Crippen LogP contribution < -0.4 is 4.87 Å². The van der Waals surface area contributed by atoms with E-state index in [0.717, 1.165) is 16.0 Å². The second kappa shape index (κ2) is 4.13. The minimum absolute atomic E-state index is 0.00697. The Hall–Kier alpha value is -1.38. The Labute approximate surface area is 97.5 Å². The second-order valence-corrected chi connectivity index (χ2v) is 4.42. The van der Waals surface area contributed by atoms with Crippen molar-refractivity contribution in [2.75, 3.05) is 13.1 Å². The molecule has 1 aromatic rings. The molecule has 0 unspecified atom stereocenters. The molecule has 17 heavy (non-hydrogen) atoms. The molecule has 9 heteroatoms. The second-order valence-electron chi connectivity index (χ2n) is 3.63. The first kappa shape index (κ1) is 12.1. The molecule has 0 aromatic carbocycles. The van der Waals surface area contributed by atoms with Crippen molar-refractivity contribution in [1.82, 2.24) is 14.7 Å². The van der Waals surface area contributed by atoms with E-state index in [-0.39, 0.29) is 13.0 Å². The molecule has 0 saturated carbocycles. The summed E-state index contributed by atoms with van der Waals surface area (Å²) in [4.78, 5) is 23.2. The molecule has 1 fully saturated rings. The van der Waals surface area contributed by atoms with Crippen LogP contribution in [0.3, 0.4) is 0 Å². The highest BCUT2D eigenvalue weighted by Crippen LogP contribution is 2.25. The van der Waals surface area contributed by atoms with Crippen LogP contribution in [0.4, 0.5) is 13.2 Å². The van der Waals surface area contributed by atoms with Crippen molar-refractivity contribution in [2.24, 2.45) is 0 Å². The van der Waals surface area contributed by atoms with E-state index >= 15 is 0 Å². The number of hydrogen-bond donors (Lipinski definition) is 0. The number of amides is 1. The van der Waals surface area contributed by atoms with Crippen molar-refractivity contribution in [3.8, 4) is 0 Å². The Kier molecular flexibility index (Phi) is 2.94. The minimum Gasteiger partial charge on any atom is -0.332 e. The van der Waals surface area contributed by atoms with Crippen LogP contribution in [-0.2, 0) is 4.79 Å². The molecule has 1 saturated heterocycles. The Morgan fingerprint density at radius 2 is 2.18 bits per heavy atom. The molecule has 5 nitrogen and oxygen atoms in total. The van der Waals surface area contributed by atoms with E-state index in [0.29, 0.717) is 4.90 Å². The van der Waals surface area contributed by atoms with Gasteiger partial charge in [0.15, 0.2) is 0 Å². The van der Waals surface area contributed by atoms with Gasteiger partial charge in [0.05, 0.1) is 0 Å². The molecule has 1 amide bonds. The Morgan fingerprint density at radius 3 is 2.71 bits per heavy atom. The van der Waals surface area contributed by atoms with Gasteiger partial charge < -0.3 is 4.90 Å². The van der Waals surface area contributed by atoms with Crippen LogP contribution >= 0.6 is 11.3 Å². The number of nitrogens with zero attached hydrogens (tertiary/aromatic N) is 3. The normalized spacial score (nSPS) is 21.2. The van der Waals surface area contributed by atoms with E-state index in [9.17, 15) is 22.8 Å². The third kappa shape index (κ3) is 2.48. The predicted octanol–water partition coefficient (Wildman–Crippen LogP) is 0.641. The van der Waals surface area contributed by atoms with E-state index in [1.165, 1.54) is 5.51 Å². The largest absolute Gasteiger partial charge is 0.406 e. The maximum atomic E-state index is 12.2. The fourth-order valence-electron chi connectivity index (χ4n) is 1.75. The van der Waals surface area contributed by atoms with E-state index in [1.807, 2.05) is 0 Å². The van der Waals surface area contributed by atoms with Gasteiger partial charge in [-0.15, -0.1) is 0 Å². The summed E-state index contributed by atoms with van der Waals surface area (Å²) < 4.78 is 37.4. The number of hydrogen-bond acceptors (Lipinski definition) is 4. The highest BCUT2D eigenvalue weighted by molar-refractivity contribution is 7.06. The Bertz CT molecular complexity index is 481. The molecule has 2 rings (SSSR count). The average Bonchev–Trinajstić information content (AvgIpc) is 2.73. The molecule has 0 aliphatic carbocycles. The maximum absolute atomic E-state index is 12.2. The van der Waals surface area contributed by atoms with Crippen LogP contribution in [0.5, 0.6) is 0 Å². The van der Waals surface area contributed by atoms with Gasteiger partial charge in [-0.05, 0) is 6.42 Å². The SMILES string of the molecule is O=C1[C@H](n2ncsc2=O)CCN1CC(F)(F)F. The highest BCUT2D eigenvalue weighted by Gasteiger charge is 2.40. The van der Waals surface area contributed by atoms with Crippen molar-refractivity contribution in [3.63, 3.8) is 0 Å². The quantitative estimate of drug-likeness (QED) is 0.790. The van der Waals surface area contributed by atoms with Gasteiger partial charge in [0.2, 0.25) is 5.91 Å². The summed E-state index contributed by atoms with van der Waals surface area (Å²) >= 11 is 0.811. The fourth-order valence-corrected chi connectivity index (χ4v) is 2.27. The van der Waals surface area contributed by atoms with Crippen LogP contribution in [0, 0.1) is 0 Å². The van der Waals surface area contributed by atoms with Gasteiger partial charge >= 0.3 is 11.0 Å². The van der Waals surface area contributed by atoms with Crippen molar-refractivity contribution in [3.05, 3.63) is 15.2 Å². The number of carbonyl (C=O) groups is 1. The smallest absolute Gasteiger partial charge is 0.332 e. The van der Waals surface area contributed by atoms with Crippen molar-refractivity contribution in [2.45, 2.75) is 18.6 Å². The van der Waals surface area contributed by atoms with Gasteiger partial charge in [0, 0.05) is 6.54 Å². The molecule has 1 aliphatic heterocycles. The van der Waals surface area contributed by atoms with Crippen molar-refractivity contribution >= 4 is 17.2 Å². The van der Waals surface area contributed by atoms with Crippen molar-refractivity contribution < 1.29 is 18.0 Å². The summed E-state index contributed by atoms with van der Waals surface area (Å²) in [5.41, 5.74) is 1.27. The molecule has 0 radical (unpaired) electrons. The molecule has 0 bridgehead atoms. The average molecular weight is 267 g/mol. The predicted molar refractivity (Wildman–Crippen MR) is 52.7 cm³/mol. The fraction of sp³-hybridized carbons (Fsp3) is 0.625. The highest BCUT2D eigenvalue weighted by atomic mass is 32.1. The molecule has 1 aliphatic rings. The third-order valence-electron chi connectivity index (χ3n) is 2.45. The molecule has 0 spiro atoms. The van der Waals surface area contributed by atoms with Gasteiger partial charge in [-0.1, -0.05) is 11.3 Å². The summed E-state index contributed by atoms with van der Waals surface area (Å²) in [5, 5.41) is 3.67. The molecule has 2 heterocycles. The summed E-state index contributed by atoms with van der Waals surface area (Å²) in [6, 6.07) is -0.893. The van der Waals surface area contributed by atoms with Crippen LogP contribution in [0.25, 0.3) is 0 Å². The molecule has 1 atom stereocenters. The van der Waals surface area contributed by atoms with Crippen LogP contribution in [-0.4, -0.2) is 39.9 Å². The zero-order chi connectivity index (χ0) is 12.6. The lowest BCUT2D eigenvalue weighted by Gasteiger charge is -2.18. The van der Waals surface area contributed by atoms with Gasteiger partial charge in [0.25, 0.3) is 0 Å². The van der Waals surface area contributed by atoms with Gasteiger partial charge in [-0.3, -0.25) is 9.59 Å². The van der Waals surface area contributed by atoms with Gasteiger partial charge in [0.1, 0.15) is 18.1 Å². The van der Waals surface area contributed by atoms with Crippen LogP contribution in [0.15, 0.2) is 10.3 Å². The zero-order valence-corrected chi connectivity index (χ0v) is 9.29. The zero-order valence-electron chi connectivity index (χ0n) is 8.48. The van der Waals surface area contributed by atoms with Crippen LogP contribution in [0.2, 0.25) is 0 Å². The lowest BCUT2D eigenvalue weighted by molar-refractivity contribution is -0.158. The monoisotopic (exact) mass is 267 g/mol. The van der Waals surface area contributed by atoms with Gasteiger partial charge in [-0.2, -0.15) is 18.3 Å². The van der Waals surface area contributed by atoms with Crippen molar-refractivity contribution in [1.29, 1.82) is 0 Å². The Balaban J connectivity index is 2.14. The summed E-state index contributed by atoms with van der Waals surface area (Å²) in [5.74, 6) is -0.699. The summed E-state index contributed by atoms with van der Waals surface area (Å²) in [6.45, 7) is -1.28. The Morgan fingerprint density at radius 1 is 1.47 bits per heavy atom. The number of aromatic nitrogens is 2. The number of rotatable bonds is 2. The number of halogens is 3. The molecular formula is C8H8F3N3O2S. The first-order chi connectivity index (χ1) is 7.88. The van der Waals surface area contributed by atoms with Crippen LogP contribution in [0.1, 0.15) is 12.5 Å². The maximum Gasteiger partial charge on any atom is 0.406 e. The van der Waals surface area contributed by atoms with Gasteiger partial charge in [-0.25, -0.2) is 4.68 Å². The molecule has 1 aromatic heterocycles. The molecule has 0 N–H and O–H groups in total. The third-order valence-corrected chi connectivity index (χ3v) is 3.04. The number of likely N-dealkylation sites (tertiary alicyclic amines) is 1. The first-order valence-corrected chi connectivity index (χ1v) is 5.64. The number of carbonyl (C=O) groups excluding carboxylic acids is 1. The lowest BCUT2D eigenvalue weighted by Crippen LogP contribution is -2.37. The van der Waals surface area contributed by atoms with E-state index in [1.54, 1.807) is 0 Å². The standard InChI is InChI=1S/C8H8F3N3O2S/c9-8(10,11)3-13-2-1-5(6(13)15)14-7(16)17-4-12-14/h4-5H,1-3H2/t5-/m1/s1. The lowest BCUT2D eigenvalue weighted by atomic mass is 10.3. The minimum atomic E-state index is -4.42.